The van der Waals surface area contributed by atoms with Gasteiger partial charge in [0.1, 0.15) is 19.8 Å². The second-order valence-corrected chi connectivity index (χ2v) is 15.1. The third-order valence-corrected chi connectivity index (χ3v) is 8.06. The minimum atomic E-state index is -1.51. The van der Waals surface area contributed by atoms with E-state index in [1.165, 1.54) is 10.7 Å². The number of aromatic nitrogens is 6. The highest BCUT2D eigenvalue weighted by Crippen LogP contribution is 2.47. The van der Waals surface area contributed by atoms with Gasteiger partial charge >= 0.3 is 0 Å². The Bertz CT molecular complexity index is 1410. The largest absolute Gasteiger partial charge is 0.312 e. The lowest BCUT2D eigenvalue weighted by Crippen LogP contribution is -2.19. The van der Waals surface area contributed by atoms with Gasteiger partial charge < -0.3 is 4.57 Å². The van der Waals surface area contributed by atoms with E-state index in [4.69, 9.17) is 17.6 Å². The second kappa shape index (κ2) is 8.73. The molecule has 0 fully saturated rings. The van der Waals surface area contributed by atoms with Crippen LogP contribution in [0.15, 0.2) is 36.7 Å². The third kappa shape index (κ3) is 4.16. The minimum Gasteiger partial charge on any atom is -0.312 e. The molecular weight excluding hydrogens is 568 g/mol. The first kappa shape index (κ1) is 25.0. The molecule has 1 aromatic carbocycles. The average Bonchev–Trinajstić information content (AvgIpc) is 3.45. The highest BCUT2D eigenvalue weighted by Gasteiger charge is 2.37. The van der Waals surface area contributed by atoms with Gasteiger partial charge in [0.15, 0.2) is 14.9 Å². The maximum absolute atomic E-state index is 13.5. The van der Waals surface area contributed by atoms with E-state index in [-0.39, 0.29) is 17.8 Å². The van der Waals surface area contributed by atoms with Gasteiger partial charge in [-0.05, 0) is 18.9 Å². The number of aryl methyl sites for hydroxylation is 2. The van der Waals surface area contributed by atoms with Crippen LogP contribution in [-0.2, 0) is 24.5 Å². The van der Waals surface area contributed by atoms with Crippen molar-refractivity contribution in [1.82, 2.24) is 29.1 Å². The SMILES string of the molecule is CC1(S)c2ccccc2-c2nc(CCc3nc4c(C(S)(S)SF)ncc(C(S)(S)S)n4n3)cn21. The van der Waals surface area contributed by atoms with Crippen LogP contribution in [0.4, 0.5) is 3.89 Å². The molecule has 0 N–H and O–H groups in total. The Labute approximate surface area is 233 Å². The van der Waals surface area contributed by atoms with Crippen LogP contribution in [0.25, 0.3) is 17.0 Å². The molecule has 0 amide bonds. The van der Waals surface area contributed by atoms with Crippen molar-refractivity contribution in [2.75, 3.05) is 0 Å². The molecule has 0 aliphatic carbocycles. The Morgan fingerprint density at radius 3 is 2.53 bits per heavy atom. The maximum Gasteiger partial charge on any atom is 0.180 e. The van der Waals surface area contributed by atoms with Gasteiger partial charge in [-0.1, -0.05) is 24.3 Å². The first-order chi connectivity index (χ1) is 15.9. The predicted molar refractivity (Wildman–Crippen MR) is 155 cm³/mol. The monoisotopic (exact) mass is 586 g/mol. The summed E-state index contributed by atoms with van der Waals surface area (Å²) in [4.78, 5) is 13.3. The first-order valence-corrected chi connectivity index (χ1v) is 13.4. The van der Waals surface area contributed by atoms with E-state index in [1.54, 1.807) is 0 Å². The van der Waals surface area contributed by atoms with E-state index in [1.807, 2.05) is 18.3 Å². The number of hydrogen-bond donors (Lipinski definition) is 6. The lowest BCUT2D eigenvalue weighted by molar-refractivity contribution is 0.614. The number of halogens is 1. The fraction of sp³-hybridized carbons (Fsp3) is 0.300. The van der Waals surface area contributed by atoms with E-state index in [0.717, 1.165) is 22.6 Å². The van der Waals surface area contributed by atoms with Gasteiger partial charge in [-0.15, -0.1) is 75.8 Å². The molecule has 0 saturated heterocycles. The molecule has 0 bridgehead atoms. The summed E-state index contributed by atoms with van der Waals surface area (Å²) in [6, 6.07) is 8.14. The molecule has 5 rings (SSSR count). The smallest absolute Gasteiger partial charge is 0.180 e. The Balaban J connectivity index is 1.49. The number of fused-ring (bicyclic) bond motifs is 4. The van der Waals surface area contributed by atoms with Gasteiger partial charge in [-0.25, -0.2) is 14.5 Å². The molecule has 1 aliphatic rings. The Morgan fingerprint density at radius 1 is 1.09 bits per heavy atom. The highest BCUT2D eigenvalue weighted by atomic mass is 32.3. The van der Waals surface area contributed by atoms with Crippen molar-refractivity contribution in [2.45, 2.75) is 31.5 Å². The number of imidazole rings is 1. The fourth-order valence-corrected chi connectivity index (χ4v) is 5.38. The van der Waals surface area contributed by atoms with Crippen LogP contribution in [0, 0.1) is 0 Å². The number of hydrogen-bond acceptors (Lipinski definition) is 11. The summed E-state index contributed by atoms with van der Waals surface area (Å²) >= 11 is 26.6. The Kier molecular flexibility index (Phi) is 6.43. The molecule has 178 valence electrons. The molecule has 6 nitrogen and oxygen atoms in total. The second-order valence-electron chi connectivity index (χ2n) is 8.07. The van der Waals surface area contributed by atoms with Crippen LogP contribution >= 0.6 is 87.9 Å². The topological polar surface area (TPSA) is 60.9 Å². The number of benzene rings is 1. The molecule has 0 radical (unpaired) electrons. The van der Waals surface area contributed by atoms with E-state index in [9.17, 15) is 3.89 Å². The standard InChI is InChI=1S/C20H19FN6S7/c1-18(28)12-5-3-2-4-11(12)16-23-10(9-26(16)18)6-7-14-24-17-15(20(32,33)34-21)22-8-13(19(29,30)31)27(17)25-14/h2-5,8-9,28-33H,6-7H2,1H3. The van der Waals surface area contributed by atoms with Crippen molar-refractivity contribution in [3.05, 3.63) is 65.1 Å². The maximum atomic E-state index is 13.5. The number of nitrogens with zero attached hydrogens (tertiary/aromatic N) is 6. The van der Waals surface area contributed by atoms with Gasteiger partial charge in [0.2, 0.25) is 0 Å². The molecule has 0 spiro atoms. The van der Waals surface area contributed by atoms with E-state index in [2.05, 4.69) is 102 Å². The van der Waals surface area contributed by atoms with Crippen molar-refractivity contribution in [2.24, 2.45) is 0 Å². The van der Waals surface area contributed by atoms with Crippen molar-refractivity contribution in [3.63, 3.8) is 0 Å². The molecule has 14 heteroatoms. The van der Waals surface area contributed by atoms with Crippen molar-refractivity contribution >= 4 is 93.6 Å². The first-order valence-electron chi connectivity index (χ1n) is 10.0. The van der Waals surface area contributed by atoms with Crippen LogP contribution in [-0.4, -0.2) is 29.1 Å². The van der Waals surface area contributed by atoms with Crippen LogP contribution in [0.5, 0.6) is 0 Å². The predicted octanol–water partition coefficient (Wildman–Crippen LogP) is 5.22. The molecule has 1 unspecified atom stereocenters. The van der Waals surface area contributed by atoms with Gasteiger partial charge in [0.25, 0.3) is 0 Å². The van der Waals surface area contributed by atoms with Crippen molar-refractivity contribution < 1.29 is 3.89 Å². The van der Waals surface area contributed by atoms with Crippen LogP contribution in [0.1, 0.15) is 35.4 Å². The average molecular weight is 587 g/mol. The number of thiol groups is 6. The van der Waals surface area contributed by atoms with E-state index in [0.29, 0.717) is 30.0 Å². The van der Waals surface area contributed by atoms with E-state index >= 15 is 0 Å². The summed E-state index contributed by atoms with van der Waals surface area (Å²) in [7, 11) is 0. The van der Waals surface area contributed by atoms with Gasteiger partial charge in [-0.3, -0.25) is 4.98 Å². The summed E-state index contributed by atoms with van der Waals surface area (Å²) in [5, 5.41) is 4.60. The van der Waals surface area contributed by atoms with Crippen LogP contribution < -0.4 is 0 Å². The Hall–Kier alpha value is -0.640. The van der Waals surface area contributed by atoms with Crippen molar-refractivity contribution in [3.8, 4) is 11.4 Å². The molecule has 34 heavy (non-hydrogen) atoms. The fourth-order valence-electron chi connectivity index (χ4n) is 4.05. The summed E-state index contributed by atoms with van der Waals surface area (Å²) in [5.74, 6) is 1.41. The van der Waals surface area contributed by atoms with Gasteiger partial charge in [0.05, 0.1) is 29.7 Å². The molecule has 0 saturated carbocycles. The summed E-state index contributed by atoms with van der Waals surface area (Å²) in [6.45, 7) is 2.05. The molecular formula is C20H19FN6S7. The van der Waals surface area contributed by atoms with E-state index < -0.39 is 11.7 Å². The zero-order chi connectivity index (χ0) is 24.5. The van der Waals surface area contributed by atoms with Gasteiger partial charge in [0, 0.05) is 18.2 Å². The molecule has 1 aliphatic heterocycles. The summed E-state index contributed by atoms with van der Waals surface area (Å²) in [6.07, 6.45) is 4.58. The highest BCUT2D eigenvalue weighted by molar-refractivity contribution is 8.21. The van der Waals surface area contributed by atoms with Crippen LogP contribution in [0.2, 0.25) is 0 Å². The zero-order valence-corrected chi connectivity index (χ0v) is 23.7. The van der Waals surface area contributed by atoms with Gasteiger partial charge in [-0.2, -0.15) is 8.98 Å². The lowest BCUT2D eigenvalue weighted by Gasteiger charge is -2.21. The summed E-state index contributed by atoms with van der Waals surface area (Å²) < 4.78 is 14.5. The molecule has 4 heterocycles. The Morgan fingerprint density at radius 2 is 1.82 bits per heavy atom. The summed E-state index contributed by atoms with van der Waals surface area (Å²) in [5.41, 5.74) is 4.09. The molecule has 1 atom stereocenters. The molecule has 4 aromatic rings. The normalized spacial score (nSPS) is 17.9. The van der Waals surface area contributed by atoms with Crippen LogP contribution in [0.3, 0.4) is 0 Å². The third-order valence-electron chi connectivity index (χ3n) is 5.67. The molecule has 3 aromatic heterocycles. The number of rotatable bonds is 6. The van der Waals surface area contributed by atoms with Crippen molar-refractivity contribution in [1.29, 1.82) is 0 Å². The zero-order valence-electron chi connectivity index (χ0n) is 17.5. The minimum absolute atomic E-state index is 0.0572. The lowest BCUT2D eigenvalue weighted by atomic mass is 10.0. The quantitative estimate of drug-likeness (QED) is 0.138.